The molecule has 2 amide bonds. The van der Waals surface area contributed by atoms with E-state index in [1.54, 1.807) is 16.9 Å². The molecule has 11 heteroatoms. The molecule has 2 heterocycles. The standard InChI is InChI=1S/C17H24FN5O4S/c1-9(2)22-15(5-6-19-22)12-7-13-14(8-11(12)10(3)18)20-17(25)23(16(13)24)21-28(4,26)27/h5-6,9-10,13,16,21,24H,7-8H2,1-4H3. The maximum absolute atomic E-state index is 14.4. The molecule has 1 aromatic rings. The molecule has 1 aliphatic heterocycles. The third-order valence-electron chi connectivity index (χ3n) is 4.89. The van der Waals surface area contributed by atoms with Crippen molar-refractivity contribution in [2.24, 2.45) is 10.9 Å². The van der Waals surface area contributed by atoms with E-state index in [1.807, 2.05) is 18.7 Å². The zero-order chi connectivity index (χ0) is 20.8. The first kappa shape index (κ1) is 20.6. The lowest BCUT2D eigenvalue weighted by Crippen LogP contribution is -2.58. The van der Waals surface area contributed by atoms with E-state index in [-0.39, 0.29) is 18.9 Å². The van der Waals surface area contributed by atoms with Crippen LogP contribution < -0.4 is 4.83 Å². The monoisotopic (exact) mass is 413 g/mol. The van der Waals surface area contributed by atoms with E-state index in [2.05, 4.69) is 10.1 Å². The molecule has 0 saturated carbocycles. The number of urea groups is 1. The van der Waals surface area contributed by atoms with Crippen LogP contribution in [0.4, 0.5) is 9.18 Å². The lowest BCUT2D eigenvalue weighted by atomic mass is 9.78. The number of aromatic nitrogens is 2. The number of amides is 2. The van der Waals surface area contributed by atoms with Gasteiger partial charge in [-0.1, -0.05) is 0 Å². The molecule has 3 atom stereocenters. The number of aliphatic hydroxyl groups excluding tert-OH is 1. The molecule has 0 bridgehead atoms. The second-order valence-corrected chi connectivity index (χ2v) is 9.12. The molecule has 154 valence electrons. The Balaban J connectivity index is 2.04. The van der Waals surface area contributed by atoms with Gasteiger partial charge in [0.1, 0.15) is 6.17 Å². The van der Waals surface area contributed by atoms with Gasteiger partial charge in [0.2, 0.25) is 10.0 Å². The summed E-state index contributed by atoms with van der Waals surface area (Å²) in [7, 11) is -3.79. The van der Waals surface area contributed by atoms with Crippen molar-refractivity contribution in [2.75, 3.05) is 6.26 Å². The van der Waals surface area contributed by atoms with Crippen LogP contribution in [0.1, 0.15) is 45.3 Å². The Labute approximate surface area is 163 Å². The maximum atomic E-state index is 14.4. The van der Waals surface area contributed by atoms with Crippen molar-refractivity contribution in [3.05, 3.63) is 23.5 Å². The van der Waals surface area contributed by atoms with Gasteiger partial charge >= 0.3 is 6.03 Å². The quantitative estimate of drug-likeness (QED) is 0.761. The highest BCUT2D eigenvalue weighted by molar-refractivity contribution is 7.88. The molecule has 3 unspecified atom stereocenters. The summed E-state index contributed by atoms with van der Waals surface area (Å²) in [5, 5.41) is 15.6. The number of fused-ring (bicyclic) bond motifs is 1. The molecule has 0 aromatic carbocycles. The minimum Gasteiger partial charge on any atom is -0.371 e. The fourth-order valence-corrected chi connectivity index (χ4v) is 4.20. The van der Waals surface area contributed by atoms with Crippen molar-refractivity contribution in [1.29, 1.82) is 0 Å². The number of carbonyl (C=O) groups excluding carboxylic acids is 1. The number of aliphatic imine (C=N–C) groups is 1. The number of rotatable bonds is 5. The molecule has 0 radical (unpaired) electrons. The molecule has 28 heavy (non-hydrogen) atoms. The van der Waals surface area contributed by atoms with Gasteiger partial charge in [-0.05, 0) is 44.4 Å². The predicted molar refractivity (Wildman–Crippen MR) is 101 cm³/mol. The number of aliphatic hydroxyl groups is 1. The number of nitrogens with zero attached hydrogens (tertiary/aromatic N) is 4. The fourth-order valence-electron chi connectivity index (χ4n) is 3.66. The van der Waals surface area contributed by atoms with Crippen molar-refractivity contribution in [1.82, 2.24) is 19.6 Å². The first-order valence-corrected chi connectivity index (χ1v) is 10.8. The highest BCUT2D eigenvalue weighted by Gasteiger charge is 2.43. The van der Waals surface area contributed by atoms with Gasteiger partial charge in [0.05, 0.1) is 11.9 Å². The number of allylic oxidation sites excluding steroid dienone is 2. The summed E-state index contributed by atoms with van der Waals surface area (Å²) in [6.07, 6.45) is 0.0891. The second kappa shape index (κ2) is 7.37. The van der Waals surface area contributed by atoms with E-state index in [1.165, 1.54) is 6.92 Å². The molecule has 1 aromatic heterocycles. The first-order chi connectivity index (χ1) is 13.0. The summed E-state index contributed by atoms with van der Waals surface area (Å²) in [6, 6.07) is 0.905. The van der Waals surface area contributed by atoms with Gasteiger partial charge in [-0.2, -0.15) is 5.10 Å². The number of halogens is 1. The molecule has 9 nitrogen and oxygen atoms in total. The van der Waals surface area contributed by atoms with Crippen LogP contribution in [0.2, 0.25) is 0 Å². The van der Waals surface area contributed by atoms with E-state index in [9.17, 15) is 22.7 Å². The zero-order valence-corrected chi connectivity index (χ0v) is 16.9. The highest BCUT2D eigenvalue weighted by atomic mass is 32.2. The topological polar surface area (TPSA) is 117 Å². The molecule has 0 saturated heterocycles. The summed E-state index contributed by atoms with van der Waals surface area (Å²) in [5.74, 6) is -0.653. The van der Waals surface area contributed by atoms with Crippen LogP contribution in [0.25, 0.3) is 5.57 Å². The minimum atomic E-state index is -3.79. The lowest BCUT2D eigenvalue weighted by Gasteiger charge is -2.39. The van der Waals surface area contributed by atoms with Crippen LogP contribution in [0.5, 0.6) is 0 Å². The number of alkyl halides is 1. The third-order valence-corrected chi connectivity index (χ3v) is 5.42. The Kier molecular flexibility index (Phi) is 5.43. The number of nitrogens with one attached hydrogen (secondary N) is 1. The first-order valence-electron chi connectivity index (χ1n) is 8.95. The number of hydrazine groups is 1. The second-order valence-electron chi connectivity index (χ2n) is 7.39. The molecule has 3 rings (SSSR count). The normalized spacial score (nSPS) is 24.5. The van der Waals surface area contributed by atoms with Crippen LogP contribution in [0, 0.1) is 5.92 Å². The molecule has 0 fully saturated rings. The number of hydrogen-bond acceptors (Lipinski definition) is 5. The zero-order valence-electron chi connectivity index (χ0n) is 16.1. The Hall–Kier alpha value is -2.11. The smallest absolute Gasteiger partial charge is 0.361 e. The van der Waals surface area contributed by atoms with Gasteiger partial charge in [0.15, 0.2) is 6.23 Å². The van der Waals surface area contributed by atoms with Crippen molar-refractivity contribution in [2.45, 2.75) is 52.1 Å². The van der Waals surface area contributed by atoms with E-state index in [0.29, 0.717) is 21.9 Å². The number of carbonyl (C=O) groups is 1. The van der Waals surface area contributed by atoms with Gasteiger partial charge in [-0.15, -0.1) is 4.83 Å². The minimum absolute atomic E-state index is 0.0463. The predicted octanol–water partition coefficient (Wildman–Crippen LogP) is 1.64. The van der Waals surface area contributed by atoms with Gasteiger partial charge in [-0.3, -0.25) is 4.68 Å². The average molecular weight is 413 g/mol. The van der Waals surface area contributed by atoms with Crippen LogP contribution in [-0.4, -0.2) is 58.7 Å². The summed E-state index contributed by atoms with van der Waals surface area (Å²) in [4.78, 5) is 18.1. The van der Waals surface area contributed by atoms with Crippen LogP contribution in [0.15, 0.2) is 22.8 Å². The van der Waals surface area contributed by atoms with Crippen molar-refractivity contribution >= 4 is 27.3 Å². The summed E-state index contributed by atoms with van der Waals surface area (Å²) >= 11 is 0. The molecule has 1 aliphatic carbocycles. The van der Waals surface area contributed by atoms with Gasteiger partial charge in [0.25, 0.3) is 0 Å². The highest BCUT2D eigenvalue weighted by Crippen LogP contribution is 2.40. The van der Waals surface area contributed by atoms with Gasteiger partial charge in [-0.25, -0.2) is 27.6 Å². The van der Waals surface area contributed by atoms with E-state index < -0.39 is 34.4 Å². The Morgan fingerprint density at radius 3 is 2.61 bits per heavy atom. The Morgan fingerprint density at radius 2 is 2.04 bits per heavy atom. The van der Waals surface area contributed by atoms with E-state index >= 15 is 0 Å². The molecular formula is C17H24FN5O4S. The number of sulfonamides is 1. The summed E-state index contributed by atoms with van der Waals surface area (Å²) in [6.45, 7) is 5.33. The van der Waals surface area contributed by atoms with Gasteiger partial charge < -0.3 is 5.11 Å². The summed E-state index contributed by atoms with van der Waals surface area (Å²) in [5.41, 5.74) is 2.27. The molecule has 2 N–H and O–H groups in total. The molecular weight excluding hydrogens is 389 g/mol. The lowest BCUT2D eigenvalue weighted by molar-refractivity contribution is -0.00883. The largest absolute Gasteiger partial charge is 0.371 e. The van der Waals surface area contributed by atoms with Crippen LogP contribution in [0.3, 0.4) is 0 Å². The average Bonchev–Trinajstić information content (AvgIpc) is 3.06. The Morgan fingerprint density at radius 1 is 1.36 bits per heavy atom. The molecule has 2 aliphatic rings. The molecule has 0 spiro atoms. The number of hydrogen-bond donors (Lipinski definition) is 2. The van der Waals surface area contributed by atoms with E-state index in [0.717, 1.165) is 11.9 Å². The van der Waals surface area contributed by atoms with Crippen molar-refractivity contribution in [3.63, 3.8) is 0 Å². The maximum Gasteiger partial charge on any atom is 0.361 e. The third kappa shape index (κ3) is 3.87. The summed E-state index contributed by atoms with van der Waals surface area (Å²) < 4.78 is 39.2. The Bertz CT molecular complexity index is 951. The van der Waals surface area contributed by atoms with E-state index in [4.69, 9.17) is 0 Å². The van der Waals surface area contributed by atoms with Crippen molar-refractivity contribution in [3.8, 4) is 0 Å². The van der Waals surface area contributed by atoms with Crippen molar-refractivity contribution < 1.29 is 22.7 Å². The van der Waals surface area contributed by atoms with Gasteiger partial charge in [0, 0.05) is 30.3 Å². The van der Waals surface area contributed by atoms with Crippen LogP contribution >= 0.6 is 0 Å². The van der Waals surface area contributed by atoms with Crippen LogP contribution in [-0.2, 0) is 10.0 Å². The SMILES string of the molecule is CC(F)C1=C(c2ccnn2C(C)C)CC2C(=NC(=O)N(NS(C)(=O)=O)C2O)C1. The fraction of sp³-hybridized carbons (Fsp3) is 0.588.